The summed E-state index contributed by atoms with van der Waals surface area (Å²) < 4.78 is 13.7. The van der Waals surface area contributed by atoms with Gasteiger partial charge in [-0.15, -0.1) is 13.2 Å². The highest BCUT2D eigenvalue weighted by Gasteiger charge is 2.32. The lowest BCUT2D eigenvalue weighted by Gasteiger charge is -2.35. The van der Waals surface area contributed by atoms with Gasteiger partial charge in [0.05, 0.1) is 17.5 Å². The maximum absolute atomic E-state index is 13.7. The average Bonchev–Trinajstić information content (AvgIpc) is 2.61. The van der Waals surface area contributed by atoms with Crippen LogP contribution in [0.4, 0.5) is 4.39 Å². The summed E-state index contributed by atoms with van der Waals surface area (Å²) in [5.74, 6) is -0.850. The summed E-state index contributed by atoms with van der Waals surface area (Å²) in [6, 6.07) is 3.97. The molecule has 1 atom stereocenters. The molecule has 1 fully saturated rings. The van der Waals surface area contributed by atoms with Crippen molar-refractivity contribution in [2.75, 3.05) is 26.2 Å². The minimum atomic E-state index is -0.605. The van der Waals surface area contributed by atoms with Gasteiger partial charge in [0.15, 0.2) is 0 Å². The third kappa shape index (κ3) is 5.16. The second-order valence-corrected chi connectivity index (χ2v) is 6.51. The largest absolute Gasteiger partial charge is 0.353 e. The number of hydrogen-bond acceptors (Lipinski definition) is 3. The van der Waals surface area contributed by atoms with Gasteiger partial charge in [-0.25, -0.2) is 4.39 Å². The Morgan fingerprint density at radius 2 is 2.08 bits per heavy atom. The van der Waals surface area contributed by atoms with Crippen LogP contribution < -0.4 is 5.32 Å². The molecule has 0 aliphatic carbocycles. The average molecular weight is 380 g/mol. The van der Waals surface area contributed by atoms with Crippen LogP contribution in [-0.4, -0.2) is 53.8 Å². The number of hydrogen-bond donors (Lipinski definition) is 1. The van der Waals surface area contributed by atoms with E-state index in [9.17, 15) is 14.0 Å². The molecular weight excluding hydrogens is 357 g/mol. The molecular formula is C19H23ClFN3O2. The number of nitrogens with one attached hydrogen (secondary N) is 1. The first-order valence-electron chi connectivity index (χ1n) is 8.41. The maximum atomic E-state index is 13.7. The highest BCUT2D eigenvalue weighted by molar-refractivity contribution is 6.30. The van der Waals surface area contributed by atoms with E-state index in [0.717, 1.165) is 0 Å². The van der Waals surface area contributed by atoms with E-state index in [2.05, 4.69) is 18.5 Å². The minimum Gasteiger partial charge on any atom is -0.353 e. The molecule has 1 aliphatic heterocycles. The lowest BCUT2D eigenvalue weighted by molar-refractivity contribution is -0.138. The second-order valence-electron chi connectivity index (χ2n) is 6.11. The zero-order chi connectivity index (χ0) is 19.1. The Balaban J connectivity index is 2.12. The SMILES string of the molecule is C=CCN(CC=C)C(=O)CC1C(=O)NCCN1Cc1ccc(Cl)c(F)c1. The Bertz CT molecular complexity index is 685. The molecule has 1 aromatic carbocycles. The third-order valence-corrected chi connectivity index (χ3v) is 4.54. The molecule has 2 amide bonds. The molecule has 0 radical (unpaired) electrons. The van der Waals surface area contributed by atoms with Gasteiger partial charge in [-0.2, -0.15) is 0 Å². The van der Waals surface area contributed by atoms with E-state index in [-0.39, 0.29) is 23.3 Å². The van der Waals surface area contributed by atoms with Crippen LogP contribution in [0.3, 0.4) is 0 Å². The van der Waals surface area contributed by atoms with E-state index < -0.39 is 11.9 Å². The summed E-state index contributed by atoms with van der Waals surface area (Å²) in [7, 11) is 0. The molecule has 1 aromatic rings. The van der Waals surface area contributed by atoms with Gasteiger partial charge < -0.3 is 10.2 Å². The van der Waals surface area contributed by atoms with Gasteiger partial charge in [-0.05, 0) is 17.7 Å². The summed E-state index contributed by atoms with van der Waals surface area (Å²) in [6.07, 6.45) is 3.32. The van der Waals surface area contributed by atoms with Crippen LogP contribution in [0.15, 0.2) is 43.5 Å². The molecule has 26 heavy (non-hydrogen) atoms. The molecule has 0 bridgehead atoms. The Morgan fingerprint density at radius 3 is 2.69 bits per heavy atom. The molecule has 5 nitrogen and oxygen atoms in total. The summed E-state index contributed by atoms with van der Waals surface area (Å²) in [5.41, 5.74) is 0.702. The molecule has 140 valence electrons. The van der Waals surface area contributed by atoms with Gasteiger partial charge in [0.2, 0.25) is 11.8 Å². The predicted molar refractivity (Wildman–Crippen MR) is 100 cm³/mol. The van der Waals surface area contributed by atoms with Crippen LogP contribution in [0.1, 0.15) is 12.0 Å². The van der Waals surface area contributed by atoms with Gasteiger partial charge >= 0.3 is 0 Å². The number of carbonyl (C=O) groups is 2. The molecule has 2 rings (SSSR count). The standard InChI is InChI=1S/C19H23ClFN3O2/c1-3-8-23(9-4-2)18(25)12-17-19(26)22-7-10-24(17)13-14-5-6-15(20)16(21)11-14/h3-6,11,17H,1-2,7-10,12-13H2,(H,22,26). The molecule has 7 heteroatoms. The van der Waals surface area contributed by atoms with Crippen molar-refractivity contribution in [2.45, 2.75) is 19.0 Å². The predicted octanol–water partition coefficient (Wildman–Crippen LogP) is 2.37. The van der Waals surface area contributed by atoms with Crippen LogP contribution in [-0.2, 0) is 16.1 Å². The molecule has 1 unspecified atom stereocenters. The first-order chi connectivity index (χ1) is 12.5. The van der Waals surface area contributed by atoms with Crippen molar-refractivity contribution in [3.05, 3.63) is 59.9 Å². The van der Waals surface area contributed by atoms with E-state index in [1.165, 1.54) is 12.1 Å². The fourth-order valence-electron chi connectivity index (χ4n) is 2.93. The van der Waals surface area contributed by atoms with E-state index >= 15 is 0 Å². The topological polar surface area (TPSA) is 52.7 Å². The summed E-state index contributed by atoms with van der Waals surface area (Å²) in [5, 5.41) is 2.85. The van der Waals surface area contributed by atoms with Crippen molar-refractivity contribution >= 4 is 23.4 Å². The molecule has 1 saturated heterocycles. The van der Waals surface area contributed by atoms with Crippen molar-refractivity contribution in [2.24, 2.45) is 0 Å². The van der Waals surface area contributed by atoms with E-state index in [4.69, 9.17) is 11.6 Å². The third-order valence-electron chi connectivity index (χ3n) is 4.23. The van der Waals surface area contributed by atoms with Gasteiger partial charge in [-0.3, -0.25) is 14.5 Å². The quantitative estimate of drug-likeness (QED) is 0.705. The normalized spacial score (nSPS) is 17.5. The van der Waals surface area contributed by atoms with Crippen LogP contribution in [0.25, 0.3) is 0 Å². The highest BCUT2D eigenvalue weighted by Crippen LogP contribution is 2.19. The lowest BCUT2D eigenvalue weighted by atomic mass is 10.1. The number of carbonyl (C=O) groups excluding carboxylic acids is 2. The maximum Gasteiger partial charge on any atom is 0.237 e. The Morgan fingerprint density at radius 1 is 1.38 bits per heavy atom. The van der Waals surface area contributed by atoms with Crippen LogP contribution in [0, 0.1) is 5.82 Å². The molecule has 0 aromatic heterocycles. The van der Waals surface area contributed by atoms with Crippen molar-refractivity contribution in [3.8, 4) is 0 Å². The number of nitrogens with zero attached hydrogens (tertiary/aromatic N) is 2. The number of halogens is 2. The van der Waals surface area contributed by atoms with Gasteiger partial charge in [0.1, 0.15) is 5.82 Å². The van der Waals surface area contributed by atoms with E-state index in [1.54, 1.807) is 23.1 Å². The number of piperazine rings is 1. The van der Waals surface area contributed by atoms with Crippen molar-refractivity contribution in [3.63, 3.8) is 0 Å². The Kier molecular flexibility index (Phi) is 7.36. The van der Waals surface area contributed by atoms with E-state index in [1.807, 2.05) is 4.90 Å². The number of amides is 2. The smallest absolute Gasteiger partial charge is 0.237 e. The Labute approximate surface area is 158 Å². The van der Waals surface area contributed by atoms with Crippen LogP contribution in [0.2, 0.25) is 5.02 Å². The summed E-state index contributed by atoms with van der Waals surface area (Å²) in [4.78, 5) is 28.4. The fourth-order valence-corrected chi connectivity index (χ4v) is 3.05. The zero-order valence-electron chi connectivity index (χ0n) is 14.6. The Hall–Kier alpha value is -2.18. The minimum absolute atomic E-state index is 0.0452. The monoisotopic (exact) mass is 379 g/mol. The number of rotatable bonds is 8. The zero-order valence-corrected chi connectivity index (χ0v) is 15.3. The summed E-state index contributed by atoms with van der Waals surface area (Å²) in [6.45, 7) is 9.51. The first-order valence-corrected chi connectivity index (χ1v) is 8.79. The van der Waals surface area contributed by atoms with Gasteiger partial charge in [0, 0.05) is 32.7 Å². The molecule has 0 spiro atoms. The van der Waals surface area contributed by atoms with E-state index in [0.29, 0.717) is 38.3 Å². The first kappa shape index (κ1) is 20.1. The molecule has 1 N–H and O–H groups in total. The van der Waals surface area contributed by atoms with Gasteiger partial charge in [0.25, 0.3) is 0 Å². The highest BCUT2D eigenvalue weighted by atomic mass is 35.5. The van der Waals surface area contributed by atoms with Crippen molar-refractivity contribution in [1.29, 1.82) is 0 Å². The molecule has 1 heterocycles. The number of benzene rings is 1. The molecule has 1 aliphatic rings. The molecule has 0 saturated carbocycles. The fraction of sp³-hybridized carbons (Fsp3) is 0.368. The lowest BCUT2D eigenvalue weighted by Crippen LogP contribution is -2.56. The second kappa shape index (κ2) is 9.50. The van der Waals surface area contributed by atoms with Crippen molar-refractivity contribution in [1.82, 2.24) is 15.1 Å². The summed E-state index contributed by atoms with van der Waals surface area (Å²) >= 11 is 5.72. The van der Waals surface area contributed by atoms with Crippen LogP contribution in [0.5, 0.6) is 0 Å². The van der Waals surface area contributed by atoms with Gasteiger partial charge in [-0.1, -0.05) is 29.8 Å². The van der Waals surface area contributed by atoms with Crippen LogP contribution >= 0.6 is 11.6 Å². The van der Waals surface area contributed by atoms with Crippen molar-refractivity contribution < 1.29 is 14.0 Å².